The smallest absolute Gasteiger partial charge is 0.333 e. The SMILES string of the molecule is C=C(C)n1c(=O)n(CCCN2CCN(C(c3ccc(Cl)cc3)c3ccc(OC)cc3)CC2)c2ccccc21. The van der Waals surface area contributed by atoms with Gasteiger partial charge < -0.3 is 9.64 Å². The second-order valence-electron chi connectivity index (χ2n) is 9.95. The number of allylic oxidation sites excluding steroid dienone is 1. The summed E-state index contributed by atoms with van der Waals surface area (Å²) in [5.74, 6) is 0.860. The van der Waals surface area contributed by atoms with Gasteiger partial charge >= 0.3 is 5.69 Å². The first kappa shape index (κ1) is 26.3. The molecular weight excluding hydrogens is 496 g/mol. The van der Waals surface area contributed by atoms with Crippen LogP contribution >= 0.6 is 11.6 Å². The van der Waals surface area contributed by atoms with E-state index in [0.717, 1.165) is 66.6 Å². The fourth-order valence-electron chi connectivity index (χ4n) is 5.54. The molecule has 3 aromatic carbocycles. The predicted octanol–water partition coefficient (Wildman–Crippen LogP) is 5.75. The van der Waals surface area contributed by atoms with Crippen molar-refractivity contribution >= 4 is 28.3 Å². The molecule has 0 radical (unpaired) electrons. The van der Waals surface area contributed by atoms with Crippen LogP contribution in [0.5, 0.6) is 5.75 Å². The second-order valence-corrected chi connectivity index (χ2v) is 10.4. The van der Waals surface area contributed by atoms with Gasteiger partial charge in [0.25, 0.3) is 0 Å². The van der Waals surface area contributed by atoms with Crippen molar-refractivity contribution in [3.63, 3.8) is 0 Å². The molecule has 0 amide bonds. The summed E-state index contributed by atoms with van der Waals surface area (Å²) in [6.45, 7) is 11.4. The van der Waals surface area contributed by atoms with E-state index in [4.69, 9.17) is 16.3 Å². The average molecular weight is 531 g/mol. The van der Waals surface area contributed by atoms with E-state index in [0.29, 0.717) is 6.54 Å². The van der Waals surface area contributed by atoms with Crippen LogP contribution in [0.2, 0.25) is 5.02 Å². The van der Waals surface area contributed by atoms with Gasteiger partial charge in [0.15, 0.2) is 0 Å². The van der Waals surface area contributed by atoms with E-state index in [-0.39, 0.29) is 11.7 Å². The molecule has 1 aromatic heterocycles. The molecule has 1 unspecified atom stereocenters. The van der Waals surface area contributed by atoms with Crippen LogP contribution in [-0.2, 0) is 6.54 Å². The summed E-state index contributed by atoms with van der Waals surface area (Å²) in [5, 5.41) is 0.748. The Morgan fingerprint density at radius 3 is 2.11 bits per heavy atom. The lowest BCUT2D eigenvalue weighted by Crippen LogP contribution is -2.48. The Hall–Kier alpha value is -3.32. The topological polar surface area (TPSA) is 42.6 Å². The van der Waals surface area contributed by atoms with Crippen molar-refractivity contribution in [2.24, 2.45) is 0 Å². The maximum Gasteiger partial charge on any atom is 0.333 e. The number of methoxy groups -OCH3 is 1. The number of fused-ring (bicyclic) bond motifs is 1. The summed E-state index contributed by atoms with van der Waals surface area (Å²) in [4.78, 5) is 18.1. The highest BCUT2D eigenvalue weighted by atomic mass is 35.5. The molecule has 0 aliphatic carbocycles. The lowest BCUT2D eigenvalue weighted by atomic mass is 9.96. The minimum Gasteiger partial charge on any atom is -0.497 e. The minimum atomic E-state index is -0.00572. The predicted molar refractivity (Wildman–Crippen MR) is 156 cm³/mol. The fraction of sp³-hybridized carbons (Fsp3) is 0.323. The number of hydrogen-bond donors (Lipinski definition) is 0. The van der Waals surface area contributed by atoms with Gasteiger partial charge in [-0.1, -0.05) is 54.6 Å². The quantitative estimate of drug-likeness (QED) is 0.276. The maximum atomic E-state index is 13.1. The molecule has 6 nitrogen and oxygen atoms in total. The molecule has 38 heavy (non-hydrogen) atoms. The fourth-order valence-corrected chi connectivity index (χ4v) is 5.66. The molecule has 1 saturated heterocycles. The van der Waals surface area contributed by atoms with Gasteiger partial charge in [0.1, 0.15) is 5.75 Å². The van der Waals surface area contributed by atoms with Gasteiger partial charge in [-0.05, 0) is 67.4 Å². The van der Waals surface area contributed by atoms with Crippen LogP contribution in [0, 0.1) is 0 Å². The van der Waals surface area contributed by atoms with Crippen molar-refractivity contribution in [3.05, 3.63) is 106 Å². The largest absolute Gasteiger partial charge is 0.497 e. The molecule has 1 aliphatic heterocycles. The third-order valence-corrected chi connectivity index (χ3v) is 7.71. The number of ether oxygens (including phenoxy) is 1. The lowest BCUT2D eigenvalue weighted by Gasteiger charge is -2.40. The molecule has 0 spiro atoms. The Bertz CT molecular complexity index is 1450. The van der Waals surface area contributed by atoms with Crippen LogP contribution in [-0.4, -0.2) is 58.8 Å². The van der Waals surface area contributed by atoms with E-state index in [9.17, 15) is 4.79 Å². The Morgan fingerprint density at radius 1 is 0.895 bits per heavy atom. The average Bonchev–Trinajstić information content (AvgIpc) is 3.22. The number of para-hydroxylation sites is 2. The van der Waals surface area contributed by atoms with E-state index < -0.39 is 0 Å². The maximum absolute atomic E-state index is 13.1. The number of imidazole rings is 1. The standard InChI is InChI=1S/C31H35ClN4O2/c1-23(2)36-29-8-5-4-7-28(29)35(31(36)37)18-6-17-33-19-21-34(22-20-33)30(24-9-13-26(32)14-10-24)25-11-15-27(38-3)16-12-25/h4-5,7-16,30H,1,6,17-22H2,2-3H3. The normalized spacial score (nSPS) is 15.6. The van der Waals surface area contributed by atoms with E-state index in [2.05, 4.69) is 40.6 Å². The lowest BCUT2D eigenvalue weighted by molar-refractivity contribution is 0.108. The van der Waals surface area contributed by atoms with Crippen LogP contribution < -0.4 is 10.4 Å². The first-order valence-electron chi connectivity index (χ1n) is 13.2. The van der Waals surface area contributed by atoms with Crippen LogP contribution in [0.3, 0.4) is 0 Å². The zero-order valence-electron chi connectivity index (χ0n) is 22.1. The number of halogens is 1. The Kier molecular flexibility index (Phi) is 8.03. The van der Waals surface area contributed by atoms with E-state index in [1.54, 1.807) is 11.7 Å². The summed E-state index contributed by atoms with van der Waals surface area (Å²) >= 11 is 6.19. The summed E-state index contributed by atoms with van der Waals surface area (Å²) in [6, 6.07) is 24.7. The van der Waals surface area contributed by atoms with Crippen molar-refractivity contribution in [2.75, 3.05) is 39.8 Å². The molecule has 7 heteroatoms. The van der Waals surface area contributed by atoms with Gasteiger partial charge in [-0.3, -0.25) is 14.0 Å². The van der Waals surface area contributed by atoms with E-state index in [1.807, 2.05) is 60.0 Å². The molecule has 4 aromatic rings. The summed E-state index contributed by atoms with van der Waals surface area (Å²) in [5.41, 5.74) is 5.11. The van der Waals surface area contributed by atoms with Crippen LogP contribution in [0.4, 0.5) is 0 Å². The van der Waals surface area contributed by atoms with E-state index >= 15 is 0 Å². The molecule has 0 bridgehead atoms. The van der Waals surface area contributed by atoms with Gasteiger partial charge in [-0.2, -0.15) is 0 Å². The van der Waals surface area contributed by atoms with Crippen molar-refractivity contribution in [2.45, 2.75) is 25.9 Å². The van der Waals surface area contributed by atoms with Crippen LogP contribution in [0.25, 0.3) is 16.7 Å². The first-order chi connectivity index (χ1) is 18.5. The number of hydrogen-bond acceptors (Lipinski definition) is 4. The molecule has 1 fully saturated rings. The zero-order chi connectivity index (χ0) is 26.6. The Labute approximate surface area is 229 Å². The van der Waals surface area contributed by atoms with Crippen LogP contribution in [0.15, 0.2) is 84.2 Å². The first-order valence-corrected chi connectivity index (χ1v) is 13.6. The van der Waals surface area contributed by atoms with Gasteiger partial charge in [0.2, 0.25) is 0 Å². The number of aryl methyl sites for hydroxylation is 1. The molecule has 1 aliphatic rings. The number of rotatable bonds is 9. The van der Waals surface area contributed by atoms with Crippen molar-refractivity contribution in [3.8, 4) is 5.75 Å². The van der Waals surface area contributed by atoms with Gasteiger partial charge in [0.05, 0.1) is 24.2 Å². The highest BCUT2D eigenvalue weighted by molar-refractivity contribution is 6.30. The summed E-state index contributed by atoms with van der Waals surface area (Å²) < 4.78 is 8.98. The van der Waals surface area contributed by atoms with Gasteiger partial charge in [-0.25, -0.2) is 4.79 Å². The number of nitrogens with zero attached hydrogens (tertiary/aromatic N) is 4. The molecule has 5 rings (SSSR count). The van der Waals surface area contributed by atoms with Gasteiger partial charge in [0, 0.05) is 43.4 Å². The van der Waals surface area contributed by atoms with Crippen LogP contribution in [0.1, 0.15) is 30.5 Å². The molecule has 0 saturated carbocycles. The summed E-state index contributed by atoms with van der Waals surface area (Å²) in [7, 11) is 1.69. The molecule has 1 atom stereocenters. The number of piperazine rings is 1. The number of aromatic nitrogens is 2. The van der Waals surface area contributed by atoms with Crippen molar-refractivity contribution < 1.29 is 4.74 Å². The Balaban J connectivity index is 1.25. The van der Waals surface area contributed by atoms with Gasteiger partial charge in [-0.15, -0.1) is 0 Å². The number of benzene rings is 3. The summed E-state index contributed by atoms with van der Waals surface area (Å²) in [6.07, 6.45) is 0.920. The highest BCUT2D eigenvalue weighted by Crippen LogP contribution is 2.31. The van der Waals surface area contributed by atoms with Crippen molar-refractivity contribution in [1.29, 1.82) is 0 Å². The molecule has 198 valence electrons. The van der Waals surface area contributed by atoms with Crippen molar-refractivity contribution in [1.82, 2.24) is 18.9 Å². The third-order valence-electron chi connectivity index (χ3n) is 7.46. The zero-order valence-corrected chi connectivity index (χ0v) is 22.9. The highest BCUT2D eigenvalue weighted by Gasteiger charge is 2.26. The second kappa shape index (κ2) is 11.6. The minimum absolute atomic E-state index is 0.00572. The Morgan fingerprint density at radius 2 is 1.50 bits per heavy atom. The molecular formula is C31H35ClN4O2. The monoisotopic (exact) mass is 530 g/mol. The molecule has 2 heterocycles. The molecule has 0 N–H and O–H groups in total. The van der Waals surface area contributed by atoms with E-state index in [1.165, 1.54) is 11.1 Å². The third kappa shape index (κ3) is 5.44.